The lowest BCUT2D eigenvalue weighted by atomic mass is 9.98. The van der Waals surface area contributed by atoms with Gasteiger partial charge in [0, 0.05) is 31.3 Å². The van der Waals surface area contributed by atoms with Crippen molar-refractivity contribution in [3.63, 3.8) is 0 Å². The van der Waals surface area contributed by atoms with Crippen molar-refractivity contribution in [1.29, 1.82) is 0 Å². The minimum absolute atomic E-state index is 0.00913. The smallest absolute Gasteiger partial charge is 0.196 e. The molecule has 1 fully saturated rings. The van der Waals surface area contributed by atoms with E-state index in [-0.39, 0.29) is 12.4 Å². The van der Waals surface area contributed by atoms with Crippen LogP contribution in [0.15, 0.2) is 48.0 Å². The first-order valence-corrected chi connectivity index (χ1v) is 10.4. The van der Waals surface area contributed by atoms with Crippen LogP contribution in [0, 0.1) is 0 Å². The molecule has 0 bridgehead atoms. The molecular formula is C24H27NO5. The van der Waals surface area contributed by atoms with Crippen LogP contribution >= 0.6 is 0 Å². The van der Waals surface area contributed by atoms with Crippen molar-refractivity contribution < 1.29 is 23.7 Å². The molecule has 0 radical (unpaired) electrons. The van der Waals surface area contributed by atoms with Crippen molar-refractivity contribution in [3.8, 4) is 17.2 Å². The Bertz CT molecular complexity index is 900. The molecule has 2 aromatic rings. The quantitative estimate of drug-likeness (QED) is 0.653. The van der Waals surface area contributed by atoms with Crippen molar-refractivity contribution >= 4 is 11.9 Å². The average Bonchev–Trinajstić information content (AvgIpc) is 2.78. The van der Waals surface area contributed by atoms with Gasteiger partial charge in [0.15, 0.2) is 5.78 Å². The van der Waals surface area contributed by atoms with E-state index in [1.807, 2.05) is 37.3 Å². The van der Waals surface area contributed by atoms with Crippen molar-refractivity contribution in [1.82, 2.24) is 4.90 Å². The van der Waals surface area contributed by atoms with Crippen LogP contribution in [-0.2, 0) is 4.74 Å². The van der Waals surface area contributed by atoms with E-state index in [1.54, 1.807) is 18.2 Å². The second-order valence-electron chi connectivity index (χ2n) is 7.25. The molecule has 0 atom stereocenters. The maximum Gasteiger partial charge on any atom is 0.196 e. The molecule has 0 amide bonds. The Morgan fingerprint density at radius 3 is 2.57 bits per heavy atom. The first kappa shape index (κ1) is 20.4. The summed E-state index contributed by atoms with van der Waals surface area (Å²) in [5, 5.41) is 0. The molecule has 2 aromatic carbocycles. The lowest BCUT2D eigenvalue weighted by Crippen LogP contribution is -2.38. The number of Topliss-reactive ketones (excluding diaryl/α,β-unsaturated/α-hetero) is 1. The number of hydrogen-bond acceptors (Lipinski definition) is 6. The minimum Gasteiger partial charge on any atom is -0.494 e. The second-order valence-corrected chi connectivity index (χ2v) is 7.25. The Morgan fingerprint density at radius 1 is 1.03 bits per heavy atom. The van der Waals surface area contributed by atoms with Gasteiger partial charge in [0.1, 0.15) is 30.5 Å². The Morgan fingerprint density at radius 2 is 1.80 bits per heavy atom. The van der Waals surface area contributed by atoms with E-state index in [4.69, 9.17) is 18.9 Å². The van der Waals surface area contributed by atoms with Gasteiger partial charge in [-0.05, 0) is 42.8 Å². The molecule has 4 rings (SSSR count). The van der Waals surface area contributed by atoms with Gasteiger partial charge in [0.25, 0.3) is 0 Å². The molecule has 0 aliphatic carbocycles. The molecule has 158 valence electrons. The third-order valence-electron chi connectivity index (χ3n) is 5.18. The molecule has 0 saturated carbocycles. The summed E-state index contributed by atoms with van der Waals surface area (Å²) in [5.74, 6) is 2.10. The average molecular weight is 409 g/mol. The van der Waals surface area contributed by atoms with E-state index in [0.717, 1.165) is 44.2 Å². The van der Waals surface area contributed by atoms with Crippen LogP contribution in [0.5, 0.6) is 17.2 Å². The molecule has 0 aromatic heterocycles. The number of ether oxygens (including phenoxy) is 4. The SMILES string of the molecule is CCOc1ccc2c(c1)OCC(=Cc1ccc(OCCN3CCOCC3)cc1)C2=O. The van der Waals surface area contributed by atoms with E-state index in [0.29, 0.717) is 35.8 Å². The summed E-state index contributed by atoms with van der Waals surface area (Å²) in [7, 11) is 0. The summed E-state index contributed by atoms with van der Waals surface area (Å²) >= 11 is 0. The fourth-order valence-corrected chi connectivity index (χ4v) is 3.55. The largest absolute Gasteiger partial charge is 0.494 e. The van der Waals surface area contributed by atoms with E-state index in [9.17, 15) is 4.79 Å². The lowest BCUT2D eigenvalue weighted by Gasteiger charge is -2.26. The normalized spacial score (nSPS) is 18.0. The number of ketones is 1. The zero-order chi connectivity index (χ0) is 20.8. The Balaban J connectivity index is 1.35. The highest BCUT2D eigenvalue weighted by Gasteiger charge is 2.23. The van der Waals surface area contributed by atoms with Gasteiger partial charge in [-0.3, -0.25) is 9.69 Å². The number of nitrogens with zero attached hydrogens (tertiary/aromatic N) is 1. The Labute approximate surface area is 177 Å². The van der Waals surface area contributed by atoms with E-state index in [1.165, 1.54) is 0 Å². The van der Waals surface area contributed by atoms with Gasteiger partial charge in [-0.2, -0.15) is 0 Å². The summed E-state index contributed by atoms with van der Waals surface area (Å²) in [6.07, 6.45) is 1.87. The Hall–Kier alpha value is -2.83. The van der Waals surface area contributed by atoms with E-state index >= 15 is 0 Å². The molecule has 30 heavy (non-hydrogen) atoms. The number of rotatable bonds is 7. The fraction of sp³-hybridized carbons (Fsp3) is 0.375. The predicted octanol–water partition coefficient (Wildman–Crippen LogP) is 3.46. The van der Waals surface area contributed by atoms with Crippen LogP contribution in [0.1, 0.15) is 22.8 Å². The van der Waals surface area contributed by atoms with Gasteiger partial charge >= 0.3 is 0 Å². The fourth-order valence-electron chi connectivity index (χ4n) is 3.55. The zero-order valence-electron chi connectivity index (χ0n) is 17.3. The van der Waals surface area contributed by atoms with Gasteiger partial charge in [-0.25, -0.2) is 0 Å². The van der Waals surface area contributed by atoms with Crippen molar-refractivity contribution in [2.24, 2.45) is 0 Å². The van der Waals surface area contributed by atoms with Crippen molar-refractivity contribution in [3.05, 3.63) is 59.2 Å². The molecule has 2 aliphatic rings. The van der Waals surface area contributed by atoms with Gasteiger partial charge in [-0.15, -0.1) is 0 Å². The molecule has 2 aliphatic heterocycles. The lowest BCUT2D eigenvalue weighted by molar-refractivity contribution is 0.0322. The molecule has 6 nitrogen and oxygen atoms in total. The van der Waals surface area contributed by atoms with Crippen LogP contribution < -0.4 is 14.2 Å². The highest BCUT2D eigenvalue weighted by molar-refractivity contribution is 6.14. The van der Waals surface area contributed by atoms with Crippen LogP contribution in [0.4, 0.5) is 0 Å². The topological polar surface area (TPSA) is 57.2 Å². The molecule has 6 heteroatoms. The number of hydrogen-bond donors (Lipinski definition) is 0. The first-order chi connectivity index (χ1) is 14.7. The maximum atomic E-state index is 12.8. The Kier molecular flexibility index (Phi) is 6.67. The molecular weight excluding hydrogens is 382 g/mol. The highest BCUT2D eigenvalue weighted by Crippen LogP contribution is 2.31. The molecule has 2 heterocycles. The third kappa shape index (κ3) is 5.01. The number of fused-ring (bicyclic) bond motifs is 1. The van der Waals surface area contributed by atoms with Crippen LogP contribution in [-0.4, -0.2) is 63.4 Å². The molecule has 0 spiro atoms. The van der Waals surface area contributed by atoms with Gasteiger partial charge in [-0.1, -0.05) is 12.1 Å². The second kappa shape index (κ2) is 9.78. The third-order valence-corrected chi connectivity index (χ3v) is 5.18. The van der Waals surface area contributed by atoms with Crippen LogP contribution in [0.25, 0.3) is 6.08 Å². The number of benzene rings is 2. The zero-order valence-corrected chi connectivity index (χ0v) is 17.3. The van der Waals surface area contributed by atoms with E-state index < -0.39 is 0 Å². The molecule has 1 saturated heterocycles. The minimum atomic E-state index is -0.00913. The summed E-state index contributed by atoms with van der Waals surface area (Å²) in [6, 6.07) is 13.1. The summed E-state index contributed by atoms with van der Waals surface area (Å²) in [6.45, 7) is 7.80. The monoisotopic (exact) mass is 409 g/mol. The number of carbonyl (C=O) groups is 1. The summed E-state index contributed by atoms with van der Waals surface area (Å²) < 4.78 is 22.5. The van der Waals surface area contributed by atoms with Gasteiger partial charge in [0.05, 0.1) is 25.4 Å². The number of carbonyl (C=O) groups excluding carboxylic acids is 1. The molecule has 0 N–H and O–H groups in total. The summed E-state index contributed by atoms with van der Waals surface area (Å²) in [5.41, 5.74) is 2.14. The maximum absolute atomic E-state index is 12.8. The summed E-state index contributed by atoms with van der Waals surface area (Å²) in [4.78, 5) is 15.2. The van der Waals surface area contributed by atoms with E-state index in [2.05, 4.69) is 4.90 Å². The first-order valence-electron chi connectivity index (χ1n) is 10.4. The van der Waals surface area contributed by atoms with Crippen molar-refractivity contribution in [2.75, 3.05) is 52.7 Å². The van der Waals surface area contributed by atoms with Gasteiger partial charge < -0.3 is 18.9 Å². The number of morpholine rings is 1. The van der Waals surface area contributed by atoms with Crippen LogP contribution in [0.3, 0.4) is 0 Å². The van der Waals surface area contributed by atoms with Gasteiger partial charge in [0.2, 0.25) is 0 Å². The molecule has 0 unspecified atom stereocenters. The van der Waals surface area contributed by atoms with Crippen molar-refractivity contribution in [2.45, 2.75) is 6.92 Å². The standard InChI is InChI=1S/C24H27NO5/c1-2-28-21-7-8-22-23(16-21)30-17-19(24(22)26)15-18-3-5-20(6-4-18)29-14-11-25-9-12-27-13-10-25/h3-8,15-16H,2,9-14,17H2,1H3. The van der Waals surface area contributed by atoms with Crippen LogP contribution in [0.2, 0.25) is 0 Å². The highest BCUT2D eigenvalue weighted by atomic mass is 16.5. The predicted molar refractivity (Wildman–Crippen MR) is 115 cm³/mol.